The monoisotopic (exact) mass is 304 g/mol. The molecule has 0 aliphatic heterocycles. The number of thiazole rings is 1. The van der Waals surface area contributed by atoms with E-state index in [4.69, 9.17) is 4.74 Å². The van der Waals surface area contributed by atoms with Gasteiger partial charge in [-0.25, -0.2) is 4.98 Å². The Balaban J connectivity index is 1.72. The summed E-state index contributed by atoms with van der Waals surface area (Å²) >= 11 is 1.51. The molecule has 1 aliphatic rings. The summed E-state index contributed by atoms with van der Waals surface area (Å²) in [7, 11) is 0. The lowest BCUT2D eigenvalue weighted by molar-refractivity contribution is -0.497. The van der Waals surface area contributed by atoms with Crippen molar-refractivity contribution in [2.24, 2.45) is 5.92 Å². The first kappa shape index (κ1) is 13.7. The van der Waals surface area contributed by atoms with E-state index in [1.54, 1.807) is 18.2 Å². The second-order valence-corrected chi connectivity index (χ2v) is 5.80. The first-order chi connectivity index (χ1) is 10.0. The lowest BCUT2D eigenvalue weighted by Crippen LogP contribution is -2.16. The molecule has 0 spiro atoms. The number of nitrogens with zero attached hydrogens (tertiary/aromatic N) is 2. The molecular weight excluding hydrogens is 292 g/mol. The standard InChI is InChI=1S/C14H12N2O4S/c1-8-7-21-13(15-8)9-3-2-4-10(5-9)20-14(17)11-6-12(11)16(18)19/h2-5,7,11-12H,6H2,1H3/t11-,12+/m1/s1. The second-order valence-electron chi connectivity index (χ2n) is 4.94. The molecule has 7 heteroatoms. The molecule has 108 valence electrons. The van der Waals surface area contributed by atoms with E-state index in [1.165, 1.54) is 11.3 Å². The Labute approximate surface area is 124 Å². The summed E-state index contributed by atoms with van der Waals surface area (Å²) in [5, 5.41) is 13.4. The van der Waals surface area contributed by atoms with E-state index < -0.39 is 22.9 Å². The van der Waals surface area contributed by atoms with Gasteiger partial charge in [0, 0.05) is 28.0 Å². The SMILES string of the molecule is Cc1csc(-c2cccc(OC(=O)[C@@H]3C[C@@H]3[N+](=O)[O-])c2)n1. The number of aryl methyl sites for hydroxylation is 1. The van der Waals surface area contributed by atoms with Crippen LogP contribution < -0.4 is 4.74 Å². The Morgan fingerprint density at radius 1 is 1.52 bits per heavy atom. The minimum atomic E-state index is -0.790. The molecule has 0 N–H and O–H groups in total. The Hall–Kier alpha value is -2.28. The molecule has 0 bridgehead atoms. The van der Waals surface area contributed by atoms with Crippen molar-refractivity contribution >= 4 is 17.3 Å². The molecule has 2 aromatic rings. The molecule has 3 rings (SSSR count). The highest BCUT2D eigenvalue weighted by Gasteiger charge is 2.54. The van der Waals surface area contributed by atoms with E-state index in [-0.39, 0.29) is 6.42 Å². The first-order valence-electron chi connectivity index (χ1n) is 6.42. The van der Waals surface area contributed by atoms with Crippen molar-refractivity contribution < 1.29 is 14.5 Å². The summed E-state index contributed by atoms with van der Waals surface area (Å²) < 4.78 is 5.22. The van der Waals surface area contributed by atoms with E-state index in [0.29, 0.717) is 5.75 Å². The van der Waals surface area contributed by atoms with Crippen LogP contribution in [0.2, 0.25) is 0 Å². The number of ether oxygens (including phenoxy) is 1. The molecule has 6 nitrogen and oxygen atoms in total. The maximum atomic E-state index is 11.8. The third-order valence-corrected chi connectivity index (χ3v) is 4.26. The fourth-order valence-corrected chi connectivity index (χ4v) is 2.83. The van der Waals surface area contributed by atoms with Gasteiger partial charge in [-0.15, -0.1) is 11.3 Å². The quantitative estimate of drug-likeness (QED) is 0.375. The van der Waals surface area contributed by atoms with Gasteiger partial charge < -0.3 is 4.74 Å². The summed E-state index contributed by atoms with van der Waals surface area (Å²) in [6.07, 6.45) is 0.261. The van der Waals surface area contributed by atoms with Crippen LogP contribution >= 0.6 is 11.3 Å². The smallest absolute Gasteiger partial charge is 0.321 e. The first-order valence-corrected chi connectivity index (χ1v) is 7.30. The van der Waals surface area contributed by atoms with Crippen LogP contribution in [0.4, 0.5) is 0 Å². The van der Waals surface area contributed by atoms with Gasteiger partial charge in [0.1, 0.15) is 16.7 Å². The van der Waals surface area contributed by atoms with E-state index in [0.717, 1.165) is 16.3 Å². The van der Waals surface area contributed by atoms with Crippen molar-refractivity contribution in [1.82, 2.24) is 4.98 Å². The Bertz CT molecular complexity index is 713. The largest absolute Gasteiger partial charge is 0.426 e. The summed E-state index contributed by atoms with van der Waals surface area (Å²) in [6.45, 7) is 1.91. The molecule has 0 amide bonds. The average molecular weight is 304 g/mol. The molecule has 0 unspecified atom stereocenters. The molecule has 0 saturated heterocycles. The van der Waals surface area contributed by atoms with E-state index in [9.17, 15) is 14.9 Å². The summed E-state index contributed by atoms with van der Waals surface area (Å²) in [4.78, 5) is 26.3. The molecule has 1 heterocycles. The number of benzene rings is 1. The van der Waals surface area contributed by atoms with Gasteiger partial charge in [-0.1, -0.05) is 12.1 Å². The number of rotatable bonds is 4. The zero-order chi connectivity index (χ0) is 15.0. The van der Waals surface area contributed by atoms with Crippen molar-refractivity contribution in [3.05, 3.63) is 45.5 Å². The zero-order valence-electron chi connectivity index (χ0n) is 11.2. The van der Waals surface area contributed by atoms with E-state index in [2.05, 4.69) is 4.98 Å². The minimum Gasteiger partial charge on any atom is -0.426 e. The normalized spacial score (nSPS) is 20.0. The fraction of sp³-hybridized carbons (Fsp3) is 0.286. The molecular formula is C14H12N2O4S. The summed E-state index contributed by atoms with van der Waals surface area (Å²) in [5.74, 6) is -0.769. The van der Waals surface area contributed by atoms with Crippen LogP contribution in [-0.2, 0) is 4.79 Å². The molecule has 1 aromatic heterocycles. The van der Waals surface area contributed by atoms with Crippen LogP contribution in [0.15, 0.2) is 29.6 Å². The highest BCUT2D eigenvalue weighted by atomic mass is 32.1. The zero-order valence-corrected chi connectivity index (χ0v) is 12.0. The van der Waals surface area contributed by atoms with Crippen molar-refractivity contribution in [1.29, 1.82) is 0 Å². The molecule has 21 heavy (non-hydrogen) atoms. The van der Waals surface area contributed by atoms with Crippen LogP contribution in [0.1, 0.15) is 12.1 Å². The van der Waals surface area contributed by atoms with Gasteiger partial charge in [0.2, 0.25) is 6.04 Å². The minimum absolute atomic E-state index is 0.261. The maximum Gasteiger partial charge on any atom is 0.321 e. The second kappa shape index (κ2) is 5.25. The molecule has 2 atom stereocenters. The van der Waals surface area contributed by atoms with Crippen molar-refractivity contribution in [2.75, 3.05) is 0 Å². The maximum absolute atomic E-state index is 11.8. The number of nitro groups is 1. The molecule has 1 aromatic carbocycles. The predicted molar refractivity (Wildman–Crippen MR) is 76.8 cm³/mol. The van der Waals surface area contributed by atoms with Gasteiger partial charge in [0.25, 0.3) is 0 Å². The van der Waals surface area contributed by atoms with Crippen LogP contribution in [0.5, 0.6) is 5.75 Å². The van der Waals surface area contributed by atoms with Crippen molar-refractivity contribution in [2.45, 2.75) is 19.4 Å². The average Bonchev–Trinajstić information content (AvgIpc) is 3.15. The highest BCUT2D eigenvalue weighted by molar-refractivity contribution is 7.13. The van der Waals surface area contributed by atoms with Crippen LogP contribution in [0.25, 0.3) is 10.6 Å². The fourth-order valence-electron chi connectivity index (χ4n) is 2.04. The van der Waals surface area contributed by atoms with Gasteiger partial charge in [-0.2, -0.15) is 0 Å². The van der Waals surface area contributed by atoms with Gasteiger partial charge in [0.05, 0.1) is 0 Å². The summed E-state index contributed by atoms with van der Waals surface area (Å²) in [6, 6.07) is 6.24. The number of aromatic nitrogens is 1. The Morgan fingerprint density at radius 2 is 2.33 bits per heavy atom. The van der Waals surface area contributed by atoms with Crippen molar-refractivity contribution in [3.8, 4) is 16.3 Å². The topological polar surface area (TPSA) is 82.3 Å². The predicted octanol–water partition coefficient (Wildman–Crippen LogP) is 2.69. The number of hydrogen-bond donors (Lipinski definition) is 0. The molecule has 1 saturated carbocycles. The van der Waals surface area contributed by atoms with E-state index in [1.807, 2.05) is 18.4 Å². The van der Waals surface area contributed by atoms with Gasteiger partial charge in [-0.05, 0) is 19.1 Å². The van der Waals surface area contributed by atoms with Gasteiger partial charge in [0.15, 0.2) is 0 Å². The Morgan fingerprint density at radius 3 is 2.95 bits per heavy atom. The highest BCUT2D eigenvalue weighted by Crippen LogP contribution is 2.35. The van der Waals surface area contributed by atoms with E-state index >= 15 is 0 Å². The van der Waals surface area contributed by atoms with Gasteiger partial charge >= 0.3 is 5.97 Å². The number of hydrogen-bond acceptors (Lipinski definition) is 6. The van der Waals surface area contributed by atoms with Crippen molar-refractivity contribution in [3.63, 3.8) is 0 Å². The summed E-state index contributed by atoms with van der Waals surface area (Å²) in [5.41, 5.74) is 1.80. The lowest BCUT2D eigenvalue weighted by atomic mass is 10.2. The number of esters is 1. The molecule has 1 aliphatic carbocycles. The lowest BCUT2D eigenvalue weighted by Gasteiger charge is -2.04. The van der Waals surface area contributed by atoms with Gasteiger partial charge in [-0.3, -0.25) is 14.9 Å². The van der Waals surface area contributed by atoms with Crippen LogP contribution in [-0.4, -0.2) is 21.9 Å². The third-order valence-electron chi connectivity index (χ3n) is 3.25. The van der Waals surface area contributed by atoms with Crippen LogP contribution in [0, 0.1) is 23.0 Å². The molecule has 0 radical (unpaired) electrons. The Kier molecular flexibility index (Phi) is 3.42. The third kappa shape index (κ3) is 2.92. The molecule has 1 fully saturated rings. The number of carbonyl (C=O) groups excluding carboxylic acids is 1. The number of carbonyl (C=O) groups is 1. The van der Waals surface area contributed by atoms with Crippen LogP contribution in [0.3, 0.4) is 0 Å².